The van der Waals surface area contributed by atoms with Gasteiger partial charge < -0.3 is 5.32 Å². The van der Waals surface area contributed by atoms with Crippen LogP contribution in [-0.4, -0.2) is 26.3 Å². The number of unbranched alkanes of at least 4 members (excludes halogenated alkanes) is 1. The lowest BCUT2D eigenvalue weighted by molar-refractivity contribution is -0.118. The molecule has 1 aliphatic heterocycles. The van der Waals surface area contributed by atoms with Crippen LogP contribution in [0.4, 0.5) is 5.95 Å². The number of carbonyl (C=O) groups is 1. The fraction of sp³-hybridized carbons (Fsp3) is 0.476. The molecular formula is C21H25ClN4OS. The van der Waals surface area contributed by atoms with Crippen molar-refractivity contribution in [3.8, 4) is 0 Å². The Kier molecular flexibility index (Phi) is 5.27. The van der Waals surface area contributed by atoms with Crippen LogP contribution in [0.2, 0.25) is 5.02 Å². The quantitative estimate of drug-likeness (QED) is 0.516. The van der Waals surface area contributed by atoms with Gasteiger partial charge in [0.1, 0.15) is 6.04 Å². The van der Waals surface area contributed by atoms with Gasteiger partial charge in [0, 0.05) is 28.5 Å². The van der Waals surface area contributed by atoms with Crippen LogP contribution in [0.25, 0.3) is 0 Å². The van der Waals surface area contributed by atoms with Crippen LogP contribution in [0.3, 0.4) is 0 Å². The van der Waals surface area contributed by atoms with Gasteiger partial charge in [-0.05, 0) is 36.0 Å². The van der Waals surface area contributed by atoms with Crippen LogP contribution in [0.5, 0.6) is 0 Å². The Balaban J connectivity index is 1.80. The number of thioether (sulfide) groups is 1. The first kappa shape index (κ1) is 19.5. The number of carbonyl (C=O) groups excluding carboxylic acids is 1. The molecule has 0 spiro atoms. The van der Waals surface area contributed by atoms with E-state index in [0.29, 0.717) is 17.4 Å². The zero-order chi connectivity index (χ0) is 19.9. The molecule has 4 rings (SSSR count). The molecule has 0 radical (unpaired) electrons. The monoisotopic (exact) mass is 416 g/mol. The Bertz CT molecular complexity index is 950. The zero-order valence-corrected chi connectivity index (χ0v) is 18.0. The first-order chi connectivity index (χ1) is 13.4. The number of nitrogens with one attached hydrogen (secondary N) is 1. The molecule has 0 saturated heterocycles. The highest BCUT2D eigenvalue weighted by molar-refractivity contribution is 7.99. The van der Waals surface area contributed by atoms with Crippen LogP contribution >= 0.6 is 23.4 Å². The molecule has 2 aromatic rings. The van der Waals surface area contributed by atoms with Crippen LogP contribution in [-0.2, 0) is 4.79 Å². The van der Waals surface area contributed by atoms with Gasteiger partial charge in [0.05, 0.1) is 0 Å². The normalized spacial score (nSPS) is 20.6. The number of fused-ring (bicyclic) bond motifs is 1. The van der Waals surface area contributed by atoms with Crippen LogP contribution in [0.15, 0.2) is 40.7 Å². The maximum absolute atomic E-state index is 13.1. The maximum Gasteiger partial charge on any atom is 0.227 e. The molecule has 1 aliphatic carbocycles. The van der Waals surface area contributed by atoms with Crippen molar-refractivity contribution in [1.82, 2.24) is 14.8 Å². The molecule has 2 aliphatic rings. The summed E-state index contributed by atoms with van der Waals surface area (Å²) in [4.78, 5) is 17.9. The fourth-order valence-electron chi connectivity index (χ4n) is 3.94. The lowest BCUT2D eigenvalue weighted by atomic mass is 9.73. The fourth-order valence-corrected chi connectivity index (χ4v) is 5.05. The number of hydrogen-bond donors (Lipinski definition) is 1. The molecule has 2 heterocycles. The van der Waals surface area contributed by atoms with Crippen LogP contribution in [0, 0.1) is 5.41 Å². The predicted molar refractivity (Wildman–Crippen MR) is 114 cm³/mol. The van der Waals surface area contributed by atoms with E-state index in [1.54, 1.807) is 11.8 Å². The van der Waals surface area contributed by atoms with Crippen molar-refractivity contribution >= 4 is 35.1 Å². The molecule has 148 valence electrons. The van der Waals surface area contributed by atoms with Crippen LogP contribution in [0.1, 0.15) is 58.1 Å². The summed E-state index contributed by atoms with van der Waals surface area (Å²) in [5, 5.41) is 9.56. The van der Waals surface area contributed by atoms with E-state index in [-0.39, 0.29) is 17.2 Å². The van der Waals surface area contributed by atoms with Crippen molar-refractivity contribution in [3.05, 3.63) is 46.1 Å². The highest BCUT2D eigenvalue weighted by atomic mass is 35.5. The molecule has 0 saturated carbocycles. The maximum atomic E-state index is 13.1. The minimum atomic E-state index is -0.290. The van der Waals surface area contributed by atoms with Gasteiger partial charge in [0.15, 0.2) is 5.78 Å². The van der Waals surface area contributed by atoms with Gasteiger partial charge in [0.2, 0.25) is 11.1 Å². The Hall–Kier alpha value is -1.79. The molecule has 0 bridgehead atoms. The van der Waals surface area contributed by atoms with Crippen molar-refractivity contribution in [1.29, 1.82) is 0 Å². The molecule has 1 atom stereocenters. The van der Waals surface area contributed by atoms with Gasteiger partial charge in [-0.3, -0.25) is 4.79 Å². The largest absolute Gasteiger partial charge is 0.328 e. The molecule has 0 fully saturated rings. The predicted octanol–water partition coefficient (Wildman–Crippen LogP) is 5.48. The summed E-state index contributed by atoms with van der Waals surface area (Å²) < 4.78 is 1.86. The second-order valence-electron chi connectivity index (χ2n) is 8.28. The van der Waals surface area contributed by atoms with Crippen LogP contribution < -0.4 is 5.32 Å². The molecule has 1 aromatic carbocycles. The number of Topliss-reactive ketones (excluding diaryl/α,β-unsaturated/α-hetero) is 1. The highest BCUT2D eigenvalue weighted by Crippen LogP contribution is 2.45. The third-order valence-corrected chi connectivity index (χ3v) is 6.36. The third kappa shape index (κ3) is 3.72. The van der Waals surface area contributed by atoms with Gasteiger partial charge >= 0.3 is 0 Å². The number of allylic oxidation sites excluding steroid dienone is 2. The van der Waals surface area contributed by atoms with Crippen molar-refractivity contribution in [2.75, 3.05) is 11.1 Å². The van der Waals surface area contributed by atoms with E-state index in [4.69, 9.17) is 21.7 Å². The van der Waals surface area contributed by atoms with Gasteiger partial charge in [-0.25, -0.2) is 4.68 Å². The first-order valence-corrected chi connectivity index (χ1v) is 11.1. The summed E-state index contributed by atoms with van der Waals surface area (Å²) in [5.41, 5.74) is 2.66. The molecule has 1 aromatic heterocycles. The summed E-state index contributed by atoms with van der Waals surface area (Å²) in [5.74, 6) is 1.86. The number of ketones is 1. The van der Waals surface area contributed by atoms with E-state index < -0.39 is 0 Å². The number of anilines is 1. The average Bonchev–Trinajstić information content (AvgIpc) is 3.01. The number of nitrogens with zero attached hydrogens (tertiary/aromatic N) is 3. The van der Waals surface area contributed by atoms with E-state index in [1.165, 1.54) is 0 Å². The summed E-state index contributed by atoms with van der Waals surface area (Å²) >= 11 is 7.93. The van der Waals surface area contributed by atoms with Crippen molar-refractivity contribution < 1.29 is 4.79 Å². The first-order valence-electron chi connectivity index (χ1n) is 9.76. The summed E-state index contributed by atoms with van der Waals surface area (Å²) in [6, 6.07) is 7.41. The lowest BCUT2D eigenvalue weighted by Crippen LogP contribution is -2.36. The van der Waals surface area contributed by atoms with E-state index in [9.17, 15) is 4.79 Å². The van der Waals surface area contributed by atoms with E-state index in [2.05, 4.69) is 26.1 Å². The Morgan fingerprint density at radius 2 is 2.18 bits per heavy atom. The minimum absolute atomic E-state index is 0.0668. The summed E-state index contributed by atoms with van der Waals surface area (Å²) in [6.07, 6.45) is 3.62. The SMILES string of the molecule is CCCCSc1nc2n(n1)C(c1cccc(Cl)c1)C1=C(CC(C)(C)CC1=O)N2. The average molecular weight is 417 g/mol. The van der Waals surface area contributed by atoms with Gasteiger partial charge in [-0.1, -0.05) is 62.7 Å². The standard InChI is InChI=1S/C21H25ClN4OS/c1-4-5-9-28-20-24-19-23-15-11-21(2,3)12-16(27)17(15)18(26(19)25-20)13-7-6-8-14(22)10-13/h6-8,10,18H,4-5,9,11-12H2,1-3H3,(H,23,24,25). The number of benzene rings is 1. The van der Waals surface area contributed by atoms with Gasteiger partial charge in [0.25, 0.3) is 0 Å². The Morgan fingerprint density at radius 3 is 2.93 bits per heavy atom. The number of halogens is 1. The molecule has 28 heavy (non-hydrogen) atoms. The Labute approximate surface area is 174 Å². The molecule has 7 heteroatoms. The number of aromatic nitrogens is 3. The minimum Gasteiger partial charge on any atom is -0.328 e. The zero-order valence-electron chi connectivity index (χ0n) is 16.5. The van der Waals surface area contributed by atoms with E-state index >= 15 is 0 Å². The Morgan fingerprint density at radius 1 is 1.36 bits per heavy atom. The molecule has 1 N–H and O–H groups in total. The molecule has 0 amide bonds. The number of rotatable bonds is 5. The topological polar surface area (TPSA) is 59.8 Å². The third-order valence-electron chi connectivity index (χ3n) is 5.21. The second kappa shape index (κ2) is 7.56. The number of hydrogen-bond acceptors (Lipinski definition) is 5. The van der Waals surface area contributed by atoms with E-state index in [0.717, 1.165) is 47.0 Å². The van der Waals surface area contributed by atoms with Gasteiger partial charge in [-0.15, -0.1) is 5.10 Å². The lowest BCUT2D eigenvalue weighted by Gasteiger charge is -2.38. The molecule has 1 unspecified atom stereocenters. The molecular weight excluding hydrogens is 392 g/mol. The second-order valence-corrected chi connectivity index (χ2v) is 9.78. The smallest absolute Gasteiger partial charge is 0.227 e. The van der Waals surface area contributed by atoms with Gasteiger partial charge in [-0.2, -0.15) is 4.98 Å². The summed E-state index contributed by atoms with van der Waals surface area (Å²) in [7, 11) is 0. The van der Waals surface area contributed by atoms with Crippen molar-refractivity contribution in [3.63, 3.8) is 0 Å². The van der Waals surface area contributed by atoms with Crippen molar-refractivity contribution in [2.24, 2.45) is 5.41 Å². The summed E-state index contributed by atoms with van der Waals surface area (Å²) in [6.45, 7) is 6.44. The van der Waals surface area contributed by atoms with Crippen molar-refractivity contribution in [2.45, 2.75) is 57.7 Å². The van der Waals surface area contributed by atoms with E-state index in [1.807, 2.05) is 28.9 Å². The molecule has 5 nitrogen and oxygen atoms in total. The highest BCUT2D eigenvalue weighted by Gasteiger charge is 2.41.